The van der Waals surface area contributed by atoms with Crippen molar-refractivity contribution in [2.24, 2.45) is 7.05 Å². The fraction of sp³-hybridized carbons (Fsp3) is 0.125. The standard InChI is InChI=1S/C24H15Cl2F3N6O2/c1-33-22(36)20(14-3-5-16(25)6-4-14)19(15-8-17(26)11-30-10-15)21-32-34(23(37)35(21)33)12-13-2-7-18(31-9-13)24(27,28)29/h2-11H,12H2,1H3. The van der Waals surface area contributed by atoms with E-state index in [1.807, 2.05) is 0 Å². The van der Waals surface area contributed by atoms with E-state index in [2.05, 4.69) is 15.1 Å². The van der Waals surface area contributed by atoms with Gasteiger partial charge < -0.3 is 0 Å². The van der Waals surface area contributed by atoms with Crippen LogP contribution in [0.3, 0.4) is 0 Å². The van der Waals surface area contributed by atoms with E-state index in [1.165, 1.54) is 25.5 Å². The van der Waals surface area contributed by atoms with Gasteiger partial charge in [-0.15, -0.1) is 5.10 Å². The molecule has 0 aliphatic heterocycles. The molecular formula is C24H15Cl2F3N6O2. The molecule has 188 valence electrons. The number of aryl methyl sites for hydroxylation is 1. The molecule has 1 aromatic carbocycles. The fourth-order valence-electron chi connectivity index (χ4n) is 3.97. The summed E-state index contributed by atoms with van der Waals surface area (Å²) in [5, 5.41) is 5.22. The van der Waals surface area contributed by atoms with Crippen molar-refractivity contribution in [1.29, 1.82) is 0 Å². The summed E-state index contributed by atoms with van der Waals surface area (Å²) in [4.78, 5) is 34.4. The Labute approximate surface area is 216 Å². The Morgan fingerprint density at radius 1 is 0.892 bits per heavy atom. The highest BCUT2D eigenvalue weighted by molar-refractivity contribution is 6.31. The smallest absolute Gasteiger partial charge is 0.267 e. The first kappa shape index (κ1) is 24.7. The number of benzene rings is 1. The van der Waals surface area contributed by atoms with E-state index in [4.69, 9.17) is 23.2 Å². The normalized spacial score (nSPS) is 11.8. The maximum Gasteiger partial charge on any atom is 0.433 e. The van der Waals surface area contributed by atoms with Gasteiger partial charge in [-0.05, 0) is 35.4 Å². The Bertz CT molecular complexity index is 1760. The van der Waals surface area contributed by atoms with Crippen molar-refractivity contribution >= 4 is 28.8 Å². The lowest BCUT2D eigenvalue weighted by molar-refractivity contribution is -0.141. The van der Waals surface area contributed by atoms with Gasteiger partial charge in [0.15, 0.2) is 5.65 Å². The van der Waals surface area contributed by atoms with Crippen LogP contribution in [0.15, 0.2) is 70.6 Å². The van der Waals surface area contributed by atoms with Crippen LogP contribution in [-0.2, 0) is 19.8 Å². The van der Waals surface area contributed by atoms with Gasteiger partial charge in [-0.3, -0.25) is 14.8 Å². The van der Waals surface area contributed by atoms with Crippen molar-refractivity contribution in [1.82, 2.24) is 28.9 Å². The average Bonchev–Trinajstić information content (AvgIpc) is 3.17. The SMILES string of the molecule is Cn1c(=O)c(-c2ccc(Cl)cc2)c(-c2cncc(Cl)c2)c2nn(Cc3ccc(C(F)(F)F)nc3)c(=O)n21. The van der Waals surface area contributed by atoms with Gasteiger partial charge in [0.1, 0.15) is 5.69 Å². The highest BCUT2D eigenvalue weighted by Crippen LogP contribution is 2.33. The highest BCUT2D eigenvalue weighted by atomic mass is 35.5. The molecule has 0 bridgehead atoms. The van der Waals surface area contributed by atoms with Crippen molar-refractivity contribution in [3.05, 3.63) is 103 Å². The fourth-order valence-corrected chi connectivity index (χ4v) is 4.26. The third-order valence-corrected chi connectivity index (χ3v) is 6.13. The van der Waals surface area contributed by atoms with Crippen LogP contribution in [0.1, 0.15) is 11.3 Å². The summed E-state index contributed by atoms with van der Waals surface area (Å²) in [5.41, 5.74) is -0.274. The second-order valence-electron chi connectivity index (χ2n) is 8.10. The van der Waals surface area contributed by atoms with E-state index >= 15 is 0 Å². The molecule has 0 amide bonds. The van der Waals surface area contributed by atoms with E-state index in [0.29, 0.717) is 32.3 Å². The molecule has 8 nitrogen and oxygen atoms in total. The molecular weight excluding hydrogens is 532 g/mol. The molecule has 13 heteroatoms. The number of nitrogens with zero attached hydrogens (tertiary/aromatic N) is 6. The van der Waals surface area contributed by atoms with E-state index < -0.39 is 23.1 Å². The summed E-state index contributed by atoms with van der Waals surface area (Å²) in [7, 11) is 1.42. The molecule has 4 heterocycles. The van der Waals surface area contributed by atoms with Crippen LogP contribution in [0.4, 0.5) is 13.2 Å². The van der Waals surface area contributed by atoms with E-state index in [9.17, 15) is 22.8 Å². The predicted octanol–water partition coefficient (Wildman–Crippen LogP) is 4.69. The Kier molecular flexibility index (Phi) is 6.12. The Morgan fingerprint density at radius 3 is 2.24 bits per heavy atom. The van der Waals surface area contributed by atoms with Crippen LogP contribution < -0.4 is 11.2 Å². The average molecular weight is 547 g/mol. The van der Waals surface area contributed by atoms with Crippen molar-refractivity contribution in [2.45, 2.75) is 12.7 Å². The van der Waals surface area contributed by atoms with Gasteiger partial charge in [-0.2, -0.15) is 17.7 Å². The third-order valence-electron chi connectivity index (χ3n) is 5.67. The second-order valence-corrected chi connectivity index (χ2v) is 8.98. The molecule has 0 saturated heterocycles. The quantitative estimate of drug-likeness (QED) is 0.326. The number of fused-ring (bicyclic) bond motifs is 1. The Morgan fingerprint density at radius 2 is 1.62 bits per heavy atom. The van der Waals surface area contributed by atoms with Crippen LogP contribution in [0.25, 0.3) is 27.9 Å². The van der Waals surface area contributed by atoms with Crippen LogP contribution in [0.2, 0.25) is 10.0 Å². The molecule has 0 atom stereocenters. The molecule has 0 fully saturated rings. The Hall–Kier alpha value is -3.96. The van der Waals surface area contributed by atoms with Crippen LogP contribution in [0, 0.1) is 0 Å². The highest BCUT2D eigenvalue weighted by Gasteiger charge is 2.32. The molecule has 5 aromatic rings. The largest absolute Gasteiger partial charge is 0.433 e. The van der Waals surface area contributed by atoms with Gasteiger partial charge in [0.05, 0.1) is 17.1 Å². The minimum absolute atomic E-state index is 0.126. The number of hydrogen-bond acceptors (Lipinski definition) is 5. The first-order valence-corrected chi connectivity index (χ1v) is 11.4. The summed E-state index contributed by atoms with van der Waals surface area (Å²) < 4.78 is 41.9. The molecule has 0 aliphatic carbocycles. The number of rotatable bonds is 4. The topological polar surface area (TPSA) is 87.1 Å². The number of alkyl halides is 3. The molecule has 0 aliphatic rings. The lowest BCUT2D eigenvalue weighted by atomic mass is 9.97. The third kappa shape index (κ3) is 4.51. The van der Waals surface area contributed by atoms with Crippen LogP contribution in [-0.4, -0.2) is 28.9 Å². The van der Waals surface area contributed by atoms with Gasteiger partial charge in [-0.1, -0.05) is 41.4 Å². The predicted molar refractivity (Wildman–Crippen MR) is 132 cm³/mol. The molecule has 37 heavy (non-hydrogen) atoms. The minimum Gasteiger partial charge on any atom is -0.267 e. The van der Waals surface area contributed by atoms with Crippen molar-refractivity contribution in [3.63, 3.8) is 0 Å². The second kappa shape index (κ2) is 9.16. The minimum atomic E-state index is -4.59. The zero-order valence-electron chi connectivity index (χ0n) is 18.9. The first-order valence-electron chi connectivity index (χ1n) is 10.7. The zero-order valence-corrected chi connectivity index (χ0v) is 20.4. The molecule has 0 unspecified atom stereocenters. The summed E-state index contributed by atoms with van der Waals surface area (Å²) >= 11 is 12.2. The van der Waals surface area contributed by atoms with Crippen LogP contribution >= 0.6 is 23.2 Å². The monoisotopic (exact) mass is 546 g/mol. The van der Waals surface area contributed by atoms with Gasteiger partial charge in [0, 0.05) is 41.8 Å². The molecule has 5 rings (SSSR count). The molecule has 0 saturated carbocycles. The van der Waals surface area contributed by atoms with Crippen molar-refractivity contribution in [3.8, 4) is 22.3 Å². The number of pyridine rings is 2. The first-order chi connectivity index (χ1) is 17.5. The summed E-state index contributed by atoms with van der Waals surface area (Å²) in [6, 6.07) is 10.2. The number of hydrogen-bond donors (Lipinski definition) is 0. The van der Waals surface area contributed by atoms with Crippen molar-refractivity contribution < 1.29 is 13.2 Å². The lowest BCUT2D eigenvalue weighted by Gasteiger charge is -2.13. The molecule has 4 aromatic heterocycles. The summed E-state index contributed by atoms with van der Waals surface area (Å²) in [6.45, 7) is -0.177. The molecule has 0 radical (unpaired) electrons. The Balaban J connectivity index is 1.76. The summed E-state index contributed by atoms with van der Waals surface area (Å²) in [6.07, 6.45) is -0.648. The van der Waals surface area contributed by atoms with Crippen LogP contribution in [0.5, 0.6) is 0 Å². The maximum absolute atomic E-state index is 13.6. The maximum atomic E-state index is 13.6. The van der Waals surface area contributed by atoms with E-state index in [1.54, 1.807) is 30.3 Å². The van der Waals surface area contributed by atoms with E-state index in [0.717, 1.165) is 26.1 Å². The number of halogens is 5. The zero-order chi connectivity index (χ0) is 26.5. The van der Waals surface area contributed by atoms with Gasteiger partial charge in [-0.25, -0.2) is 14.2 Å². The van der Waals surface area contributed by atoms with Gasteiger partial charge in [0.25, 0.3) is 5.56 Å². The van der Waals surface area contributed by atoms with Gasteiger partial charge >= 0.3 is 11.9 Å². The number of aromatic nitrogens is 6. The summed E-state index contributed by atoms with van der Waals surface area (Å²) in [5.74, 6) is 0. The molecule has 0 spiro atoms. The van der Waals surface area contributed by atoms with Crippen molar-refractivity contribution in [2.75, 3.05) is 0 Å². The van der Waals surface area contributed by atoms with E-state index in [-0.39, 0.29) is 17.8 Å². The molecule has 0 N–H and O–H groups in total. The van der Waals surface area contributed by atoms with Gasteiger partial charge in [0.2, 0.25) is 0 Å². The lowest BCUT2D eigenvalue weighted by Crippen LogP contribution is -2.33.